The lowest BCUT2D eigenvalue weighted by atomic mass is 10.3. The molecule has 1 aromatic carbocycles. The highest BCUT2D eigenvalue weighted by Gasteiger charge is 2.16. The summed E-state index contributed by atoms with van der Waals surface area (Å²) in [7, 11) is 1.32. The Morgan fingerprint density at radius 2 is 2.15 bits per heavy atom. The van der Waals surface area contributed by atoms with Gasteiger partial charge in [-0.05, 0) is 18.6 Å². The van der Waals surface area contributed by atoms with E-state index in [0.29, 0.717) is 18.7 Å². The summed E-state index contributed by atoms with van der Waals surface area (Å²) in [5, 5.41) is 11.3. The fourth-order valence-corrected chi connectivity index (χ4v) is 1.63. The Morgan fingerprint density at radius 3 is 2.70 bits per heavy atom. The summed E-state index contributed by atoms with van der Waals surface area (Å²) in [6, 6.07) is 3.32. The van der Waals surface area contributed by atoms with Crippen LogP contribution in [0.4, 0.5) is 14.9 Å². The molecule has 0 bridgehead atoms. The molecule has 0 fully saturated rings. The number of carbonyl (C=O) groups is 2. The third-order valence-electron chi connectivity index (χ3n) is 2.51. The lowest BCUT2D eigenvalue weighted by Gasteiger charge is -2.20. The smallest absolute Gasteiger partial charge is 0.323 e. The van der Waals surface area contributed by atoms with Crippen LogP contribution in [0.15, 0.2) is 18.2 Å². The molecule has 0 atom stereocenters. The summed E-state index contributed by atoms with van der Waals surface area (Å²) < 4.78 is 18.0. The first-order chi connectivity index (χ1) is 9.47. The molecule has 2 N–H and O–H groups in total. The van der Waals surface area contributed by atoms with Gasteiger partial charge in [-0.1, -0.05) is 6.92 Å². The Hall–Kier alpha value is -2.31. The van der Waals surface area contributed by atoms with Crippen molar-refractivity contribution in [2.24, 2.45) is 0 Å². The van der Waals surface area contributed by atoms with Crippen molar-refractivity contribution in [1.82, 2.24) is 4.90 Å². The number of carboxylic acid groups (broad SMARTS) is 1. The summed E-state index contributed by atoms with van der Waals surface area (Å²) >= 11 is 0. The highest BCUT2D eigenvalue weighted by molar-refractivity contribution is 5.91. The van der Waals surface area contributed by atoms with Crippen molar-refractivity contribution >= 4 is 17.7 Å². The van der Waals surface area contributed by atoms with Crippen molar-refractivity contribution in [2.45, 2.75) is 13.3 Å². The molecule has 20 heavy (non-hydrogen) atoms. The van der Waals surface area contributed by atoms with E-state index in [2.05, 4.69) is 5.32 Å². The standard InChI is InChI=1S/C13H17FN2O4/c1-3-6-16(8-12(17)18)13(19)15-9-4-5-10(14)11(7-9)20-2/h4-5,7H,3,6,8H2,1-2H3,(H,15,19)(H,17,18). The van der Waals surface area contributed by atoms with E-state index in [4.69, 9.17) is 9.84 Å². The van der Waals surface area contributed by atoms with Gasteiger partial charge in [0, 0.05) is 18.3 Å². The van der Waals surface area contributed by atoms with Crippen LogP contribution >= 0.6 is 0 Å². The molecule has 0 saturated heterocycles. The van der Waals surface area contributed by atoms with Crippen LogP contribution < -0.4 is 10.1 Å². The number of nitrogens with zero attached hydrogens (tertiary/aromatic N) is 1. The quantitative estimate of drug-likeness (QED) is 0.839. The first kappa shape index (κ1) is 15.7. The molecule has 7 heteroatoms. The first-order valence-electron chi connectivity index (χ1n) is 6.09. The molecular formula is C13H17FN2O4. The molecule has 0 aliphatic rings. The number of methoxy groups -OCH3 is 1. The number of nitrogens with one attached hydrogen (secondary N) is 1. The number of amides is 2. The normalized spacial score (nSPS) is 9.95. The van der Waals surface area contributed by atoms with Crippen molar-refractivity contribution in [2.75, 3.05) is 25.5 Å². The van der Waals surface area contributed by atoms with Crippen LogP contribution in [-0.2, 0) is 4.79 Å². The maximum absolute atomic E-state index is 13.2. The number of urea groups is 1. The Labute approximate surface area is 116 Å². The van der Waals surface area contributed by atoms with Crippen molar-refractivity contribution in [3.63, 3.8) is 0 Å². The van der Waals surface area contributed by atoms with Crippen molar-refractivity contribution in [3.05, 3.63) is 24.0 Å². The molecule has 6 nitrogen and oxygen atoms in total. The van der Waals surface area contributed by atoms with E-state index in [0.717, 1.165) is 11.0 Å². The Morgan fingerprint density at radius 1 is 1.45 bits per heavy atom. The van der Waals surface area contributed by atoms with Crippen molar-refractivity contribution in [3.8, 4) is 5.75 Å². The highest BCUT2D eigenvalue weighted by Crippen LogP contribution is 2.21. The number of rotatable bonds is 6. The van der Waals surface area contributed by atoms with Gasteiger partial charge in [0.2, 0.25) is 0 Å². The number of anilines is 1. The average molecular weight is 284 g/mol. The van der Waals surface area contributed by atoms with Crippen LogP contribution in [0, 0.1) is 5.82 Å². The molecule has 0 heterocycles. The van der Waals surface area contributed by atoms with Gasteiger partial charge in [-0.25, -0.2) is 9.18 Å². The fourth-order valence-electron chi connectivity index (χ4n) is 1.63. The number of carboxylic acids is 1. The Bertz CT molecular complexity index is 493. The molecule has 0 aliphatic carbocycles. The molecule has 2 amide bonds. The third-order valence-corrected chi connectivity index (χ3v) is 2.51. The predicted molar refractivity (Wildman–Crippen MR) is 71.5 cm³/mol. The number of ether oxygens (including phenoxy) is 1. The zero-order chi connectivity index (χ0) is 15.1. The highest BCUT2D eigenvalue weighted by atomic mass is 19.1. The molecule has 0 spiro atoms. The predicted octanol–water partition coefficient (Wildman–Crippen LogP) is 2.16. The summed E-state index contributed by atoms with van der Waals surface area (Å²) in [5.41, 5.74) is 0.333. The van der Waals surface area contributed by atoms with Gasteiger partial charge in [-0.2, -0.15) is 0 Å². The number of hydrogen-bond donors (Lipinski definition) is 2. The number of benzene rings is 1. The summed E-state index contributed by atoms with van der Waals surface area (Å²) in [4.78, 5) is 23.8. The van der Waals surface area contributed by atoms with Crippen LogP contribution in [0.25, 0.3) is 0 Å². The van der Waals surface area contributed by atoms with E-state index in [1.807, 2.05) is 6.92 Å². The monoisotopic (exact) mass is 284 g/mol. The Balaban J connectivity index is 2.79. The number of carbonyl (C=O) groups excluding carboxylic acids is 1. The summed E-state index contributed by atoms with van der Waals surface area (Å²) in [6.07, 6.45) is 0.632. The van der Waals surface area contributed by atoms with E-state index in [1.165, 1.54) is 19.2 Å². The second-order valence-electron chi connectivity index (χ2n) is 4.09. The summed E-state index contributed by atoms with van der Waals surface area (Å²) in [5.74, 6) is -1.63. The topological polar surface area (TPSA) is 78.9 Å². The third kappa shape index (κ3) is 4.42. The van der Waals surface area contributed by atoms with Crippen LogP contribution in [0.5, 0.6) is 5.75 Å². The van der Waals surface area contributed by atoms with Crippen molar-refractivity contribution < 1.29 is 23.8 Å². The molecule has 0 radical (unpaired) electrons. The largest absolute Gasteiger partial charge is 0.494 e. The van der Waals surface area contributed by atoms with Gasteiger partial charge in [-0.15, -0.1) is 0 Å². The van der Waals surface area contributed by atoms with E-state index in [9.17, 15) is 14.0 Å². The van der Waals surface area contributed by atoms with E-state index in [1.54, 1.807) is 0 Å². The van der Waals surface area contributed by atoms with E-state index in [-0.39, 0.29) is 5.75 Å². The second-order valence-corrected chi connectivity index (χ2v) is 4.09. The molecule has 0 unspecified atom stereocenters. The zero-order valence-corrected chi connectivity index (χ0v) is 11.4. The molecule has 1 rings (SSSR count). The van der Waals surface area contributed by atoms with Gasteiger partial charge in [-0.3, -0.25) is 4.79 Å². The average Bonchev–Trinajstić information content (AvgIpc) is 2.40. The van der Waals surface area contributed by atoms with Crippen LogP contribution in [0.3, 0.4) is 0 Å². The van der Waals surface area contributed by atoms with Gasteiger partial charge in [0.05, 0.1) is 7.11 Å². The SMILES string of the molecule is CCCN(CC(=O)O)C(=O)Nc1ccc(F)c(OC)c1. The van der Waals surface area contributed by atoms with E-state index < -0.39 is 24.4 Å². The maximum atomic E-state index is 13.2. The zero-order valence-electron chi connectivity index (χ0n) is 11.4. The molecule has 0 aromatic heterocycles. The number of halogens is 1. The van der Waals surface area contributed by atoms with Gasteiger partial charge in [0.25, 0.3) is 0 Å². The van der Waals surface area contributed by atoms with Crippen LogP contribution in [-0.4, -0.2) is 42.2 Å². The lowest BCUT2D eigenvalue weighted by Crippen LogP contribution is -2.39. The van der Waals surface area contributed by atoms with Gasteiger partial charge >= 0.3 is 12.0 Å². The minimum absolute atomic E-state index is 0.00285. The minimum Gasteiger partial charge on any atom is -0.494 e. The molecular weight excluding hydrogens is 267 g/mol. The minimum atomic E-state index is -1.09. The molecule has 1 aromatic rings. The summed E-state index contributed by atoms with van der Waals surface area (Å²) in [6.45, 7) is 1.76. The van der Waals surface area contributed by atoms with Gasteiger partial charge in [0.15, 0.2) is 11.6 Å². The first-order valence-corrected chi connectivity index (χ1v) is 6.09. The maximum Gasteiger partial charge on any atom is 0.323 e. The van der Waals surface area contributed by atoms with E-state index >= 15 is 0 Å². The van der Waals surface area contributed by atoms with Crippen molar-refractivity contribution in [1.29, 1.82) is 0 Å². The van der Waals surface area contributed by atoms with Gasteiger partial charge in [0.1, 0.15) is 6.54 Å². The molecule has 0 saturated carbocycles. The second kappa shape index (κ2) is 7.32. The lowest BCUT2D eigenvalue weighted by molar-refractivity contribution is -0.137. The van der Waals surface area contributed by atoms with Crippen LogP contribution in [0.1, 0.15) is 13.3 Å². The van der Waals surface area contributed by atoms with Gasteiger partial charge < -0.3 is 20.1 Å². The number of aliphatic carboxylic acids is 1. The fraction of sp³-hybridized carbons (Fsp3) is 0.385. The molecule has 0 aliphatic heterocycles. The Kier molecular flexibility index (Phi) is 5.76. The molecule has 110 valence electrons. The van der Waals surface area contributed by atoms with Crippen LogP contribution in [0.2, 0.25) is 0 Å². The number of hydrogen-bond acceptors (Lipinski definition) is 3.